The quantitative estimate of drug-likeness (QED) is 0.241. The summed E-state index contributed by atoms with van der Waals surface area (Å²) in [5.41, 5.74) is 0. The highest BCUT2D eigenvalue weighted by molar-refractivity contribution is 4.95. The minimum atomic E-state index is -0.242. The predicted molar refractivity (Wildman–Crippen MR) is 100 cm³/mol. The lowest BCUT2D eigenvalue weighted by Gasteiger charge is -2.05. The van der Waals surface area contributed by atoms with Gasteiger partial charge >= 0.3 is 0 Å². The fraction of sp³-hybridized carbons (Fsp3) is 0.810. The van der Waals surface area contributed by atoms with E-state index in [2.05, 4.69) is 32.1 Å². The number of aliphatic hydroxyl groups excluding tert-OH is 1. The van der Waals surface area contributed by atoms with Crippen LogP contribution in [0.3, 0.4) is 0 Å². The van der Waals surface area contributed by atoms with Gasteiger partial charge in [0.15, 0.2) is 0 Å². The second kappa shape index (κ2) is 18.5. The van der Waals surface area contributed by atoms with E-state index in [1.165, 1.54) is 70.6 Å². The third-order valence-electron chi connectivity index (χ3n) is 4.12. The highest BCUT2D eigenvalue weighted by atomic mass is 16.3. The van der Waals surface area contributed by atoms with Crippen LogP contribution in [-0.4, -0.2) is 11.2 Å². The minimum absolute atomic E-state index is 0.242. The van der Waals surface area contributed by atoms with Crippen LogP contribution in [-0.2, 0) is 0 Å². The fourth-order valence-electron chi connectivity index (χ4n) is 2.62. The van der Waals surface area contributed by atoms with Crippen molar-refractivity contribution in [3.8, 4) is 0 Å². The van der Waals surface area contributed by atoms with Crippen molar-refractivity contribution in [2.45, 2.75) is 110 Å². The van der Waals surface area contributed by atoms with Crippen LogP contribution in [0.25, 0.3) is 0 Å². The summed E-state index contributed by atoms with van der Waals surface area (Å²) in [7, 11) is 0. The van der Waals surface area contributed by atoms with E-state index < -0.39 is 0 Å². The van der Waals surface area contributed by atoms with E-state index in [1.54, 1.807) is 0 Å². The van der Waals surface area contributed by atoms with Gasteiger partial charge < -0.3 is 5.11 Å². The van der Waals surface area contributed by atoms with Crippen LogP contribution in [0.2, 0.25) is 0 Å². The highest BCUT2D eigenvalue weighted by Crippen LogP contribution is 2.11. The molecule has 0 saturated carbocycles. The van der Waals surface area contributed by atoms with E-state index in [0.29, 0.717) is 0 Å². The van der Waals surface area contributed by atoms with Crippen molar-refractivity contribution in [2.75, 3.05) is 0 Å². The highest BCUT2D eigenvalue weighted by Gasteiger charge is 1.98. The van der Waals surface area contributed by atoms with Gasteiger partial charge in [0.2, 0.25) is 0 Å². The van der Waals surface area contributed by atoms with Gasteiger partial charge in [-0.25, -0.2) is 0 Å². The maximum Gasteiger partial charge on any atom is 0.0721 e. The Kier molecular flexibility index (Phi) is 18.0. The minimum Gasteiger partial charge on any atom is -0.389 e. The molecule has 0 radical (unpaired) electrons. The monoisotopic (exact) mass is 308 g/mol. The van der Waals surface area contributed by atoms with Gasteiger partial charge in [0.25, 0.3) is 0 Å². The topological polar surface area (TPSA) is 20.2 Å². The first-order valence-electron chi connectivity index (χ1n) is 9.81. The summed E-state index contributed by atoms with van der Waals surface area (Å²) in [6, 6.07) is 0. The fourth-order valence-corrected chi connectivity index (χ4v) is 2.62. The molecule has 0 aromatic carbocycles. The molecule has 0 spiro atoms. The van der Waals surface area contributed by atoms with Gasteiger partial charge in [-0.2, -0.15) is 0 Å². The van der Waals surface area contributed by atoms with Gasteiger partial charge in [0.1, 0.15) is 0 Å². The molecule has 0 bridgehead atoms. The average Bonchev–Trinajstić information content (AvgIpc) is 2.52. The van der Waals surface area contributed by atoms with E-state index in [1.807, 2.05) is 6.08 Å². The number of unbranched alkanes of at least 4 members (excludes halogenated alkanes) is 10. The molecule has 1 N–H and O–H groups in total. The normalized spacial score (nSPS) is 13.4. The lowest BCUT2D eigenvalue weighted by molar-refractivity contribution is 0.207. The van der Waals surface area contributed by atoms with Crippen LogP contribution in [0.15, 0.2) is 24.3 Å². The second-order valence-corrected chi connectivity index (χ2v) is 6.46. The Morgan fingerprint density at radius 3 is 1.95 bits per heavy atom. The maximum absolute atomic E-state index is 9.88. The molecule has 0 amide bonds. The Morgan fingerprint density at radius 1 is 0.682 bits per heavy atom. The smallest absolute Gasteiger partial charge is 0.0721 e. The van der Waals surface area contributed by atoms with Crippen molar-refractivity contribution in [3.63, 3.8) is 0 Å². The third-order valence-corrected chi connectivity index (χ3v) is 4.12. The summed E-state index contributed by atoms with van der Waals surface area (Å²) >= 11 is 0. The van der Waals surface area contributed by atoms with Crippen LogP contribution < -0.4 is 0 Å². The lowest BCUT2D eigenvalue weighted by Crippen LogP contribution is -2.01. The van der Waals surface area contributed by atoms with E-state index in [9.17, 15) is 5.11 Å². The molecule has 0 heterocycles. The summed E-state index contributed by atoms with van der Waals surface area (Å²) in [4.78, 5) is 0. The molecule has 0 aliphatic heterocycles. The molecule has 0 rings (SSSR count). The maximum atomic E-state index is 9.88. The molecule has 0 aliphatic rings. The molecule has 130 valence electrons. The van der Waals surface area contributed by atoms with Crippen molar-refractivity contribution < 1.29 is 5.11 Å². The number of hydrogen-bond donors (Lipinski definition) is 1. The van der Waals surface area contributed by atoms with E-state index >= 15 is 0 Å². The lowest BCUT2D eigenvalue weighted by atomic mass is 10.1. The number of allylic oxidation sites excluding steroid dienone is 3. The van der Waals surface area contributed by atoms with Crippen LogP contribution in [0.4, 0.5) is 0 Å². The van der Waals surface area contributed by atoms with Gasteiger partial charge in [0.05, 0.1) is 6.10 Å². The molecular formula is C21H40O. The van der Waals surface area contributed by atoms with E-state index in [4.69, 9.17) is 0 Å². The number of hydrogen-bond acceptors (Lipinski definition) is 1. The van der Waals surface area contributed by atoms with Crippen molar-refractivity contribution in [1.29, 1.82) is 0 Å². The van der Waals surface area contributed by atoms with E-state index in [-0.39, 0.29) is 6.10 Å². The molecule has 0 aromatic rings. The number of aliphatic hydroxyl groups is 1. The van der Waals surface area contributed by atoms with Crippen molar-refractivity contribution in [3.05, 3.63) is 24.3 Å². The van der Waals surface area contributed by atoms with Crippen molar-refractivity contribution in [2.24, 2.45) is 0 Å². The first-order valence-corrected chi connectivity index (χ1v) is 9.81. The van der Waals surface area contributed by atoms with Gasteiger partial charge in [-0.1, -0.05) is 102 Å². The molecule has 1 heteroatoms. The summed E-state index contributed by atoms with van der Waals surface area (Å²) in [5, 5.41) is 9.88. The van der Waals surface area contributed by atoms with Crippen LogP contribution >= 0.6 is 0 Å². The molecule has 0 saturated heterocycles. The molecule has 0 fully saturated rings. The largest absolute Gasteiger partial charge is 0.389 e. The zero-order valence-corrected chi connectivity index (χ0v) is 15.2. The Labute approximate surface area is 139 Å². The Hall–Kier alpha value is -0.560. The van der Waals surface area contributed by atoms with Gasteiger partial charge in [-0.3, -0.25) is 0 Å². The summed E-state index contributed by atoms with van der Waals surface area (Å²) in [5.74, 6) is 0. The van der Waals surface area contributed by atoms with Crippen molar-refractivity contribution >= 4 is 0 Å². The zero-order valence-electron chi connectivity index (χ0n) is 15.2. The Morgan fingerprint density at radius 2 is 1.27 bits per heavy atom. The van der Waals surface area contributed by atoms with Crippen LogP contribution in [0.5, 0.6) is 0 Å². The second-order valence-electron chi connectivity index (χ2n) is 6.46. The number of rotatable bonds is 16. The Bertz CT molecular complexity index is 255. The summed E-state index contributed by atoms with van der Waals surface area (Å²) in [6.45, 7) is 4.50. The molecule has 1 atom stereocenters. The average molecular weight is 309 g/mol. The van der Waals surface area contributed by atoms with Crippen LogP contribution in [0.1, 0.15) is 104 Å². The summed E-state index contributed by atoms with van der Waals surface area (Å²) in [6.07, 6.45) is 26.0. The Balaban J connectivity index is 3.34. The molecular weight excluding hydrogens is 268 g/mol. The van der Waals surface area contributed by atoms with Crippen LogP contribution in [0, 0.1) is 0 Å². The molecule has 0 aromatic heterocycles. The first kappa shape index (κ1) is 21.4. The summed E-state index contributed by atoms with van der Waals surface area (Å²) < 4.78 is 0. The molecule has 22 heavy (non-hydrogen) atoms. The van der Waals surface area contributed by atoms with Gasteiger partial charge in [-0.15, -0.1) is 0 Å². The molecule has 1 nitrogen and oxygen atoms in total. The van der Waals surface area contributed by atoms with Crippen molar-refractivity contribution in [1.82, 2.24) is 0 Å². The third kappa shape index (κ3) is 17.5. The molecule has 0 unspecified atom stereocenters. The zero-order chi connectivity index (χ0) is 16.3. The van der Waals surface area contributed by atoms with Gasteiger partial charge in [0, 0.05) is 0 Å². The van der Waals surface area contributed by atoms with Gasteiger partial charge in [-0.05, 0) is 25.7 Å². The molecule has 0 aliphatic carbocycles. The first-order chi connectivity index (χ1) is 10.8. The SMILES string of the molecule is CCCCC/C=C\C/C=C\[C@@H](O)CCCCCCCCCC. The standard InChI is InChI=1S/C21H40O/c1-3-5-7-9-11-13-15-17-19-21(22)20-18-16-14-12-10-8-6-4-2/h11,13,17,19,21-22H,3-10,12,14-16,18,20H2,1-2H3/b13-11-,19-17-/t21-/m1/s1. The predicted octanol–water partition coefficient (Wildman–Crippen LogP) is 6.96. The van der Waals surface area contributed by atoms with E-state index in [0.717, 1.165) is 19.3 Å².